The zero-order chi connectivity index (χ0) is 34.4. The predicted molar refractivity (Wildman–Crippen MR) is 173 cm³/mol. The monoisotopic (exact) mass is 688 g/mol. The van der Waals surface area contributed by atoms with E-state index in [1.54, 1.807) is 6.07 Å². The van der Waals surface area contributed by atoms with Crippen molar-refractivity contribution in [2.45, 2.75) is 87.6 Å². The lowest BCUT2D eigenvalue weighted by Crippen LogP contribution is -2.57. The van der Waals surface area contributed by atoms with Crippen LogP contribution in [0.3, 0.4) is 0 Å². The first-order valence-corrected chi connectivity index (χ1v) is 18.0. The van der Waals surface area contributed by atoms with Gasteiger partial charge < -0.3 is 19.7 Å². The summed E-state index contributed by atoms with van der Waals surface area (Å²) in [4.78, 5) is 47.2. The second kappa shape index (κ2) is 12.9. The van der Waals surface area contributed by atoms with Gasteiger partial charge in [0.1, 0.15) is 29.1 Å². The number of ether oxygens (including phenoxy) is 2. The largest absolute Gasteiger partial charge is 0.494 e. The van der Waals surface area contributed by atoms with Gasteiger partial charge in [-0.15, -0.1) is 0 Å². The van der Waals surface area contributed by atoms with Crippen LogP contribution in [-0.2, 0) is 24.4 Å². The van der Waals surface area contributed by atoms with Crippen LogP contribution in [0.4, 0.5) is 8.78 Å². The molecule has 48 heavy (non-hydrogen) atoms. The zero-order valence-corrected chi connectivity index (χ0v) is 28.2. The summed E-state index contributed by atoms with van der Waals surface area (Å²) < 4.78 is 66.1. The van der Waals surface area contributed by atoms with Gasteiger partial charge >= 0.3 is 0 Å². The van der Waals surface area contributed by atoms with Crippen LogP contribution >= 0.6 is 0 Å². The highest BCUT2D eigenvalue weighted by molar-refractivity contribution is 7.91. The Hall–Kier alpha value is -3.81. The summed E-state index contributed by atoms with van der Waals surface area (Å²) in [6.45, 7) is 3.06. The number of hydrogen-bond donors (Lipinski definition) is 2. The summed E-state index contributed by atoms with van der Waals surface area (Å²) >= 11 is 0. The molecule has 3 amide bonds. The number of sulfonamides is 1. The number of fused-ring (bicyclic) bond motifs is 3. The van der Waals surface area contributed by atoms with Crippen LogP contribution < -0.4 is 19.5 Å². The third-order valence-electron chi connectivity index (χ3n) is 10.3. The number of benzene rings is 1. The summed E-state index contributed by atoms with van der Waals surface area (Å²) in [5.41, 5.74) is -1.58. The highest BCUT2D eigenvalue weighted by Crippen LogP contribution is 2.48. The van der Waals surface area contributed by atoms with Crippen LogP contribution in [0.1, 0.15) is 65.2 Å². The third kappa shape index (κ3) is 6.47. The molecule has 1 aromatic heterocycles. The molecule has 1 saturated heterocycles. The van der Waals surface area contributed by atoms with Crippen LogP contribution in [0.15, 0.2) is 36.5 Å². The second-order valence-electron chi connectivity index (χ2n) is 14.0. The second-order valence-corrected chi connectivity index (χ2v) is 16.1. The maximum Gasteiger partial charge on any atom is 0.259 e. The zero-order valence-electron chi connectivity index (χ0n) is 27.3. The lowest BCUT2D eigenvalue weighted by atomic mass is 9.91. The summed E-state index contributed by atoms with van der Waals surface area (Å²) in [6.07, 6.45) is 7.60. The topological polar surface area (TPSA) is 144 Å². The average molecular weight is 689 g/mol. The third-order valence-corrected chi connectivity index (χ3v) is 12.4. The SMILES string of the molecule is COc1cc2ccnc(O[C@@H]3C[C@H]4C(=O)N[C@]5(C(=O)NS(=O)(=O)C6(CF)CC6)C[C@H]5/C=C\CC[C@H](C)C[C@@H](C)CC(=O)N4C3)c2cc1F. The fraction of sp³-hybridized carbons (Fsp3) is 0.588. The van der Waals surface area contributed by atoms with Crippen molar-refractivity contribution in [1.82, 2.24) is 19.9 Å². The summed E-state index contributed by atoms with van der Waals surface area (Å²) in [6, 6.07) is 3.45. The van der Waals surface area contributed by atoms with Crippen molar-refractivity contribution in [1.29, 1.82) is 0 Å². The van der Waals surface area contributed by atoms with Crippen LogP contribution in [0, 0.1) is 23.6 Å². The van der Waals surface area contributed by atoms with Crippen molar-refractivity contribution >= 4 is 38.5 Å². The molecule has 6 rings (SSSR count). The van der Waals surface area contributed by atoms with Gasteiger partial charge in [-0.3, -0.25) is 19.1 Å². The van der Waals surface area contributed by atoms with E-state index in [1.807, 2.05) is 19.1 Å². The highest BCUT2D eigenvalue weighted by Gasteiger charge is 2.64. The minimum absolute atomic E-state index is 0.0453. The quantitative estimate of drug-likeness (QED) is 0.417. The summed E-state index contributed by atoms with van der Waals surface area (Å²) in [5.74, 6) is -2.32. The van der Waals surface area contributed by atoms with Crippen LogP contribution in [0.25, 0.3) is 10.8 Å². The molecule has 0 bridgehead atoms. The standard InChI is InChI=1S/C34H42F2N4O7S/c1-20-6-4-5-7-23-17-34(23,32(43)39-48(44,45)33(19-35)9-10-33)38-30(42)27-15-24(18-40(27)29(41)13-21(2)12-20)47-31-25-16-26(36)28(46-3)14-22(25)8-11-37-31/h5,7-8,11,14,16,20-21,23-24,27H,4,6,9-10,12-13,15,17-19H2,1-3H3,(H,38,42)(H,39,43)/b7-5-/t20-,21+,23+,24+,27-,34+/m0/s1. The van der Waals surface area contributed by atoms with E-state index in [2.05, 4.69) is 21.9 Å². The Labute approximate surface area is 278 Å². The van der Waals surface area contributed by atoms with E-state index in [0.29, 0.717) is 16.7 Å². The molecule has 3 fully saturated rings. The lowest BCUT2D eigenvalue weighted by molar-refractivity contribution is -0.140. The van der Waals surface area contributed by atoms with Gasteiger partial charge in [-0.2, -0.15) is 0 Å². The molecule has 0 radical (unpaired) electrons. The number of nitrogens with zero attached hydrogens (tertiary/aromatic N) is 2. The number of hydrogen-bond acceptors (Lipinski definition) is 8. The Kier molecular flexibility index (Phi) is 9.16. The number of alkyl halides is 1. The number of methoxy groups -OCH3 is 1. The van der Waals surface area contributed by atoms with E-state index in [4.69, 9.17) is 9.47 Å². The molecule has 14 heteroatoms. The first-order chi connectivity index (χ1) is 22.8. The Morgan fingerprint density at radius 1 is 1.19 bits per heavy atom. The number of carbonyl (C=O) groups excluding carboxylic acids is 3. The van der Waals surface area contributed by atoms with Crippen molar-refractivity contribution in [3.05, 3.63) is 42.4 Å². The minimum Gasteiger partial charge on any atom is -0.494 e. The highest BCUT2D eigenvalue weighted by atomic mass is 32.2. The van der Waals surface area contributed by atoms with Crippen molar-refractivity contribution in [2.24, 2.45) is 17.8 Å². The number of aromatic nitrogens is 1. The van der Waals surface area contributed by atoms with Gasteiger partial charge in [-0.1, -0.05) is 26.0 Å². The molecule has 2 N–H and O–H groups in total. The van der Waals surface area contributed by atoms with E-state index in [-0.39, 0.29) is 62.1 Å². The molecule has 2 saturated carbocycles. The smallest absolute Gasteiger partial charge is 0.259 e. The van der Waals surface area contributed by atoms with E-state index in [9.17, 15) is 31.6 Å². The molecule has 2 aromatic rings. The number of pyridine rings is 1. The normalized spacial score (nSPS) is 31.0. The molecular formula is C34H42F2N4O7S. The Morgan fingerprint density at radius 2 is 1.96 bits per heavy atom. The molecule has 1 aromatic carbocycles. The number of rotatable bonds is 7. The Balaban J connectivity index is 1.28. The molecule has 0 unspecified atom stereocenters. The van der Waals surface area contributed by atoms with Crippen molar-refractivity contribution < 1.29 is 41.1 Å². The van der Waals surface area contributed by atoms with Crippen molar-refractivity contribution in [3.8, 4) is 11.6 Å². The van der Waals surface area contributed by atoms with E-state index in [0.717, 1.165) is 19.3 Å². The molecule has 11 nitrogen and oxygen atoms in total. The van der Waals surface area contributed by atoms with Gasteiger partial charge in [0.2, 0.25) is 27.7 Å². The Morgan fingerprint density at radius 3 is 2.67 bits per heavy atom. The molecule has 260 valence electrons. The van der Waals surface area contributed by atoms with Gasteiger partial charge in [-0.05, 0) is 73.9 Å². The van der Waals surface area contributed by atoms with E-state index in [1.165, 1.54) is 30.3 Å². The van der Waals surface area contributed by atoms with Crippen LogP contribution in [0.2, 0.25) is 0 Å². The number of amides is 3. The van der Waals surface area contributed by atoms with Gasteiger partial charge in [0.05, 0.1) is 13.7 Å². The van der Waals surface area contributed by atoms with Gasteiger partial charge in [-0.25, -0.2) is 22.2 Å². The number of nitrogens with one attached hydrogen (secondary N) is 2. The van der Waals surface area contributed by atoms with Gasteiger partial charge in [0.15, 0.2) is 11.6 Å². The summed E-state index contributed by atoms with van der Waals surface area (Å²) in [5, 5.41) is 3.82. The Bertz CT molecular complexity index is 1750. The molecule has 2 aliphatic heterocycles. The number of carbonyl (C=O) groups is 3. The predicted octanol–water partition coefficient (Wildman–Crippen LogP) is 3.96. The fourth-order valence-electron chi connectivity index (χ4n) is 7.13. The van der Waals surface area contributed by atoms with Crippen molar-refractivity contribution in [2.75, 3.05) is 20.3 Å². The maximum absolute atomic E-state index is 14.7. The molecule has 0 spiro atoms. The first kappa shape index (κ1) is 34.1. The molecule has 6 atom stereocenters. The first-order valence-electron chi connectivity index (χ1n) is 16.5. The molecule has 3 heterocycles. The van der Waals surface area contributed by atoms with Gasteiger partial charge in [0, 0.05) is 30.3 Å². The number of halogens is 2. The number of allylic oxidation sites excluding steroid dienone is 1. The maximum atomic E-state index is 14.7. The molecule has 4 aliphatic rings. The molecule has 2 aliphatic carbocycles. The summed E-state index contributed by atoms with van der Waals surface area (Å²) in [7, 11) is -2.96. The van der Waals surface area contributed by atoms with Gasteiger partial charge in [0.25, 0.3) is 5.91 Å². The molecular weight excluding hydrogens is 646 g/mol. The van der Waals surface area contributed by atoms with E-state index >= 15 is 0 Å². The van der Waals surface area contributed by atoms with E-state index < -0.39 is 62.7 Å². The minimum atomic E-state index is -4.33. The fourth-order valence-corrected chi connectivity index (χ4v) is 8.55. The lowest BCUT2D eigenvalue weighted by Gasteiger charge is -2.28. The van der Waals surface area contributed by atoms with Crippen LogP contribution in [-0.4, -0.2) is 78.8 Å². The average Bonchev–Trinajstić information content (AvgIpc) is 3.94. The van der Waals surface area contributed by atoms with Crippen molar-refractivity contribution in [3.63, 3.8) is 0 Å². The van der Waals surface area contributed by atoms with Crippen LogP contribution in [0.5, 0.6) is 11.6 Å².